The van der Waals surface area contributed by atoms with Gasteiger partial charge in [0.25, 0.3) is 5.91 Å². The molecule has 3 nitrogen and oxygen atoms in total. The number of thioether (sulfide) groups is 1. The normalized spacial score (nSPS) is 23.9. The average molecular weight is 349 g/mol. The molecule has 0 saturated carbocycles. The van der Waals surface area contributed by atoms with Crippen molar-refractivity contribution in [3.8, 4) is 0 Å². The highest BCUT2D eigenvalue weighted by atomic mass is 79.9. The van der Waals surface area contributed by atoms with E-state index in [-0.39, 0.29) is 5.91 Å². The summed E-state index contributed by atoms with van der Waals surface area (Å²) in [5.74, 6) is 0.153. The van der Waals surface area contributed by atoms with Gasteiger partial charge in [-0.1, -0.05) is 0 Å². The number of likely N-dealkylation sites (tertiary alicyclic amines) is 1. The minimum Gasteiger partial charge on any atom is -0.335 e. The van der Waals surface area contributed by atoms with E-state index in [2.05, 4.69) is 41.2 Å². The molecule has 0 spiro atoms. The van der Waals surface area contributed by atoms with Crippen LogP contribution < -0.4 is 0 Å². The molecule has 0 bridgehead atoms. The third kappa shape index (κ3) is 2.76. The number of thiophene rings is 1. The number of amides is 1. The van der Waals surface area contributed by atoms with Crippen LogP contribution in [-0.4, -0.2) is 60.4 Å². The van der Waals surface area contributed by atoms with Crippen LogP contribution in [0, 0.1) is 0 Å². The smallest absolute Gasteiger partial charge is 0.265 e. The van der Waals surface area contributed by atoms with E-state index in [0.29, 0.717) is 11.3 Å². The SMILES string of the molecule is CS[C@H]1CN(C(=O)c2sccc2Br)C[C@@H]1N(C)C. The standard InChI is InChI=1S/C12H17BrN2OS2/c1-14(2)9-6-15(7-10(9)17-3)12(16)11-8(13)4-5-18-11/h4-5,9-10H,6-7H2,1-3H3/t9-,10-/m0/s1. The Labute approximate surface area is 125 Å². The molecular formula is C12H17BrN2OS2. The summed E-state index contributed by atoms with van der Waals surface area (Å²) in [5.41, 5.74) is 0. The van der Waals surface area contributed by atoms with Gasteiger partial charge >= 0.3 is 0 Å². The molecule has 1 aromatic heterocycles. The number of carbonyl (C=O) groups excluding carboxylic acids is 1. The summed E-state index contributed by atoms with van der Waals surface area (Å²) < 4.78 is 0.909. The van der Waals surface area contributed by atoms with Gasteiger partial charge in [0.15, 0.2) is 0 Å². The highest BCUT2D eigenvalue weighted by molar-refractivity contribution is 9.10. The van der Waals surface area contributed by atoms with Crippen LogP contribution in [0.1, 0.15) is 9.67 Å². The Balaban J connectivity index is 2.12. The Kier molecular flexibility index (Phi) is 4.75. The van der Waals surface area contributed by atoms with Gasteiger partial charge < -0.3 is 9.80 Å². The molecule has 2 heterocycles. The maximum atomic E-state index is 12.4. The van der Waals surface area contributed by atoms with Gasteiger partial charge in [-0.25, -0.2) is 0 Å². The predicted molar refractivity (Wildman–Crippen MR) is 82.7 cm³/mol. The Morgan fingerprint density at radius 3 is 2.72 bits per heavy atom. The summed E-state index contributed by atoms with van der Waals surface area (Å²) in [6.45, 7) is 1.66. The highest BCUT2D eigenvalue weighted by Crippen LogP contribution is 2.29. The van der Waals surface area contributed by atoms with Crippen molar-refractivity contribution < 1.29 is 4.79 Å². The topological polar surface area (TPSA) is 23.6 Å². The molecule has 1 aliphatic heterocycles. The first-order valence-electron chi connectivity index (χ1n) is 5.76. The molecule has 18 heavy (non-hydrogen) atoms. The first-order valence-corrected chi connectivity index (χ1v) is 8.72. The molecule has 100 valence electrons. The fourth-order valence-electron chi connectivity index (χ4n) is 2.24. The second-order valence-electron chi connectivity index (χ2n) is 4.61. The molecule has 1 amide bonds. The van der Waals surface area contributed by atoms with E-state index < -0.39 is 0 Å². The molecule has 0 unspecified atom stereocenters. The van der Waals surface area contributed by atoms with Crippen molar-refractivity contribution in [3.63, 3.8) is 0 Å². The average Bonchev–Trinajstić information content (AvgIpc) is 2.93. The number of carbonyl (C=O) groups is 1. The zero-order valence-corrected chi connectivity index (χ0v) is 13.9. The summed E-state index contributed by atoms with van der Waals surface area (Å²) in [7, 11) is 4.17. The van der Waals surface area contributed by atoms with Crippen molar-refractivity contribution in [1.29, 1.82) is 0 Å². The third-order valence-electron chi connectivity index (χ3n) is 3.30. The van der Waals surface area contributed by atoms with Crippen LogP contribution in [0.4, 0.5) is 0 Å². The molecule has 1 saturated heterocycles. The van der Waals surface area contributed by atoms with E-state index in [4.69, 9.17) is 0 Å². The lowest BCUT2D eigenvalue weighted by Gasteiger charge is -2.23. The van der Waals surface area contributed by atoms with E-state index in [0.717, 1.165) is 22.4 Å². The number of halogens is 1. The summed E-state index contributed by atoms with van der Waals surface area (Å²) in [6.07, 6.45) is 2.12. The molecule has 0 N–H and O–H groups in total. The molecule has 0 radical (unpaired) electrons. The van der Waals surface area contributed by atoms with Gasteiger partial charge in [-0.2, -0.15) is 11.8 Å². The lowest BCUT2D eigenvalue weighted by atomic mass is 10.2. The zero-order valence-electron chi connectivity index (χ0n) is 10.7. The van der Waals surface area contributed by atoms with Crippen molar-refractivity contribution >= 4 is 44.9 Å². The number of hydrogen-bond donors (Lipinski definition) is 0. The van der Waals surface area contributed by atoms with Gasteiger partial charge in [0, 0.05) is 28.9 Å². The second-order valence-corrected chi connectivity index (χ2v) is 7.46. The maximum Gasteiger partial charge on any atom is 0.265 e. The van der Waals surface area contributed by atoms with E-state index in [1.807, 2.05) is 28.1 Å². The van der Waals surface area contributed by atoms with E-state index in [1.165, 1.54) is 11.3 Å². The molecule has 2 atom stereocenters. The maximum absolute atomic E-state index is 12.4. The largest absolute Gasteiger partial charge is 0.335 e. The minimum atomic E-state index is 0.153. The van der Waals surface area contributed by atoms with Crippen LogP contribution in [0.25, 0.3) is 0 Å². The Hall–Kier alpha value is -0.0400. The first-order chi connectivity index (χ1) is 8.54. The van der Waals surface area contributed by atoms with Gasteiger partial charge in [-0.05, 0) is 47.7 Å². The zero-order chi connectivity index (χ0) is 13.3. The molecule has 6 heteroatoms. The molecule has 1 aromatic rings. The molecule has 2 rings (SSSR count). The van der Waals surface area contributed by atoms with Gasteiger partial charge in [0.05, 0.1) is 0 Å². The lowest BCUT2D eigenvalue weighted by Crippen LogP contribution is -2.37. The van der Waals surface area contributed by atoms with Gasteiger partial charge in [0.1, 0.15) is 4.88 Å². The van der Waals surface area contributed by atoms with Crippen molar-refractivity contribution in [3.05, 3.63) is 20.8 Å². The number of likely N-dealkylation sites (N-methyl/N-ethyl adjacent to an activating group) is 1. The fraction of sp³-hybridized carbons (Fsp3) is 0.583. The van der Waals surface area contributed by atoms with Crippen LogP contribution in [0.3, 0.4) is 0 Å². The summed E-state index contributed by atoms with van der Waals surface area (Å²) >= 11 is 6.79. The molecular weight excluding hydrogens is 332 g/mol. The van der Waals surface area contributed by atoms with Crippen molar-refractivity contribution in [1.82, 2.24) is 9.80 Å². The van der Waals surface area contributed by atoms with Crippen LogP contribution in [-0.2, 0) is 0 Å². The van der Waals surface area contributed by atoms with Crippen LogP contribution in [0.2, 0.25) is 0 Å². The van der Waals surface area contributed by atoms with Gasteiger partial charge in [-0.15, -0.1) is 11.3 Å². The lowest BCUT2D eigenvalue weighted by molar-refractivity contribution is 0.0787. The second kappa shape index (κ2) is 5.94. The van der Waals surface area contributed by atoms with Crippen LogP contribution in [0.5, 0.6) is 0 Å². The summed E-state index contributed by atoms with van der Waals surface area (Å²) in [6, 6.07) is 2.38. The van der Waals surface area contributed by atoms with Crippen molar-refractivity contribution in [2.45, 2.75) is 11.3 Å². The van der Waals surface area contributed by atoms with E-state index in [1.54, 1.807) is 0 Å². The molecule has 1 aliphatic rings. The summed E-state index contributed by atoms with van der Waals surface area (Å²) in [4.78, 5) is 17.4. The Morgan fingerprint density at radius 1 is 1.56 bits per heavy atom. The van der Waals surface area contributed by atoms with Crippen molar-refractivity contribution in [2.24, 2.45) is 0 Å². The monoisotopic (exact) mass is 348 g/mol. The molecule has 0 aliphatic carbocycles. The van der Waals surface area contributed by atoms with Gasteiger partial charge in [-0.3, -0.25) is 4.79 Å². The first kappa shape index (κ1) is 14.4. The van der Waals surface area contributed by atoms with Crippen LogP contribution in [0.15, 0.2) is 15.9 Å². The van der Waals surface area contributed by atoms with E-state index in [9.17, 15) is 4.79 Å². The van der Waals surface area contributed by atoms with E-state index >= 15 is 0 Å². The Bertz CT molecular complexity index is 435. The third-order valence-corrected chi connectivity index (χ3v) is 6.20. The van der Waals surface area contributed by atoms with Crippen molar-refractivity contribution in [2.75, 3.05) is 33.4 Å². The number of hydrogen-bond acceptors (Lipinski definition) is 4. The number of rotatable bonds is 3. The molecule has 1 fully saturated rings. The highest BCUT2D eigenvalue weighted by Gasteiger charge is 2.36. The predicted octanol–water partition coefficient (Wildman–Crippen LogP) is 2.63. The Morgan fingerprint density at radius 2 is 2.28 bits per heavy atom. The quantitative estimate of drug-likeness (QED) is 0.838. The van der Waals surface area contributed by atoms with Crippen LogP contribution >= 0.6 is 39.0 Å². The minimum absolute atomic E-state index is 0.153. The van der Waals surface area contributed by atoms with Gasteiger partial charge in [0.2, 0.25) is 0 Å². The molecule has 0 aromatic carbocycles. The summed E-state index contributed by atoms with van der Waals surface area (Å²) in [5, 5.41) is 2.45. The fourth-order valence-corrected chi connectivity index (χ4v) is 4.72. The number of nitrogens with zero attached hydrogens (tertiary/aromatic N) is 2.